The van der Waals surface area contributed by atoms with Crippen molar-refractivity contribution < 1.29 is 4.79 Å². The van der Waals surface area contributed by atoms with Crippen molar-refractivity contribution in [3.8, 4) is 0 Å². The van der Waals surface area contributed by atoms with Crippen molar-refractivity contribution in [2.45, 2.75) is 17.7 Å². The number of carbonyl (C=O) groups excluding carboxylic acids is 1. The zero-order valence-corrected chi connectivity index (χ0v) is 15.1. The molecule has 0 aliphatic carbocycles. The lowest BCUT2D eigenvalue weighted by molar-refractivity contribution is 0.0956. The maximum Gasteiger partial charge on any atom is 0.251 e. The van der Waals surface area contributed by atoms with E-state index in [1.165, 1.54) is 9.13 Å². The minimum atomic E-state index is 0.0480. The van der Waals surface area contributed by atoms with Crippen LogP contribution in [0.15, 0.2) is 42.5 Å². The van der Waals surface area contributed by atoms with Gasteiger partial charge in [-0.3, -0.25) is 4.79 Å². The SMILES string of the molecule is O=C1NCCCc2ccc(C(Br)c3ccccc3I)cc21. The Morgan fingerprint density at radius 2 is 2.00 bits per heavy atom. The molecule has 0 saturated heterocycles. The molecular weight excluding hydrogens is 441 g/mol. The number of nitrogens with one attached hydrogen (secondary N) is 1. The van der Waals surface area contributed by atoms with Crippen molar-refractivity contribution in [3.05, 3.63) is 68.3 Å². The normalized spacial score (nSPS) is 15.8. The van der Waals surface area contributed by atoms with Gasteiger partial charge in [0.05, 0.1) is 4.83 Å². The third kappa shape index (κ3) is 3.16. The fourth-order valence-electron chi connectivity index (χ4n) is 2.62. The van der Waals surface area contributed by atoms with Gasteiger partial charge < -0.3 is 5.32 Å². The maximum absolute atomic E-state index is 12.2. The predicted octanol–water partition coefficient (Wildman–Crippen LogP) is 4.45. The van der Waals surface area contributed by atoms with Crippen LogP contribution in [0.5, 0.6) is 0 Å². The number of hydrogen-bond acceptors (Lipinski definition) is 1. The van der Waals surface area contributed by atoms with Gasteiger partial charge in [-0.1, -0.05) is 46.3 Å². The van der Waals surface area contributed by atoms with Crippen LogP contribution < -0.4 is 5.32 Å². The highest BCUT2D eigenvalue weighted by Gasteiger charge is 2.19. The van der Waals surface area contributed by atoms with Crippen LogP contribution in [0.1, 0.15) is 38.3 Å². The topological polar surface area (TPSA) is 29.1 Å². The van der Waals surface area contributed by atoms with E-state index in [1.54, 1.807) is 0 Å². The van der Waals surface area contributed by atoms with Gasteiger partial charge in [0.25, 0.3) is 5.91 Å². The minimum absolute atomic E-state index is 0.0480. The Morgan fingerprint density at radius 3 is 2.81 bits per heavy atom. The average molecular weight is 456 g/mol. The first-order valence-electron chi connectivity index (χ1n) is 6.96. The standard InChI is InChI=1S/C17H15BrINO/c18-16(13-5-1-2-6-15(13)19)12-8-7-11-4-3-9-20-17(21)14(11)10-12/h1-2,5-8,10,16H,3-4,9H2,(H,20,21). The predicted molar refractivity (Wildman–Crippen MR) is 97.0 cm³/mol. The highest BCUT2D eigenvalue weighted by Crippen LogP contribution is 2.34. The summed E-state index contributed by atoms with van der Waals surface area (Å²) >= 11 is 6.12. The molecule has 2 aromatic carbocycles. The van der Waals surface area contributed by atoms with Gasteiger partial charge in [0.15, 0.2) is 0 Å². The zero-order valence-electron chi connectivity index (χ0n) is 11.4. The van der Waals surface area contributed by atoms with Crippen molar-refractivity contribution in [1.82, 2.24) is 5.32 Å². The number of benzene rings is 2. The largest absolute Gasteiger partial charge is 0.352 e. The van der Waals surface area contributed by atoms with Gasteiger partial charge in [0, 0.05) is 15.7 Å². The quantitative estimate of drug-likeness (QED) is 0.526. The van der Waals surface area contributed by atoms with Crippen LogP contribution in [0.3, 0.4) is 0 Å². The third-order valence-corrected chi connectivity index (χ3v) is 5.76. The Bertz CT molecular complexity index is 686. The van der Waals surface area contributed by atoms with E-state index < -0.39 is 0 Å². The molecule has 2 aromatic rings. The van der Waals surface area contributed by atoms with Crippen LogP contribution in [0.2, 0.25) is 0 Å². The highest BCUT2D eigenvalue weighted by molar-refractivity contribution is 14.1. The average Bonchev–Trinajstić information content (AvgIpc) is 2.69. The fourth-order valence-corrected chi connectivity index (χ4v) is 4.43. The summed E-state index contributed by atoms with van der Waals surface area (Å²) in [5, 5.41) is 2.96. The molecule has 21 heavy (non-hydrogen) atoms. The first kappa shape index (κ1) is 15.0. The van der Waals surface area contributed by atoms with E-state index in [-0.39, 0.29) is 10.7 Å². The van der Waals surface area contributed by atoms with Crippen molar-refractivity contribution in [1.29, 1.82) is 0 Å². The molecule has 1 aliphatic heterocycles. The fraction of sp³-hybridized carbons (Fsp3) is 0.235. The number of halogens is 2. The molecule has 1 heterocycles. The second-order valence-corrected chi connectivity index (χ2v) is 7.24. The molecule has 1 aliphatic rings. The molecule has 1 atom stereocenters. The van der Waals surface area contributed by atoms with E-state index in [1.807, 2.05) is 18.2 Å². The summed E-state index contributed by atoms with van der Waals surface area (Å²) in [4.78, 5) is 12.3. The first-order chi connectivity index (χ1) is 10.2. The number of fused-ring (bicyclic) bond motifs is 1. The lowest BCUT2D eigenvalue weighted by Crippen LogP contribution is -2.22. The molecule has 3 rings (SSSR count). The van der Waals surface area contributed by atoms with Crippen molar-refractivity contribution >= 4 is 44.4 Å². The van der Waals surface area contributed by atoms with Gasteiger partial charge in [-0.05, 0) is 64.3 Å². The van der Waals surface area contributed by atoms with E-state index in [0.29, 0.717) is 0 Å². The molecule has 4 heteroatoms. The summed E-state index contributed by atoms with van der Waals surface area (Å²) < 4.78 is 1.22. The molecule has 0 saturated carbocycles. The number of hydrogen-bond donors (Lipinski definition) is 1. The molecule has 1 N–H and O–H groups in total. The van der Waals surface area contributed by atoms with Gasteiger partial charge in [0.2, 0.25) is 0 Å². The number of aryl methyl sites for hydroxylation is 1. The number of carbonyl (C=O) groups is 1. The Balaban J connectivity index is 2.00. The lowest BCUT2D eigenvalue weighted by atomic mass is 9.97. The van der Waals surface area contributed by atoms with Crippen LogP contribution in [0, 0.1) is 3.57 Å². The summed E-state index contributed by atoms with van der Waals surface area (Å²) in [7, 11) is 0. The Hall–Kier alpha value is -0.880. The molecule has 1 amide bonds. The van der Waals surface area contributed by atoms with Gasteiger partial charge in [-0.2, -0.15) is 0 Å². The second kappa shape index (κ2) is 6.48. The summed E-state index contributed by atoms with van der Waals surface area (Å²) in [5.41, 5.74) is 4.32. The summed E-state index contributed by atoms with van der Waals surface area (Å²) in [6.07, 6.45) is 1.97. The van der Waals surface area contributed by atoms with Crippen LogP contribution in [-0.4, -0.2) is 12.5 Å². The zero-order chi connectivity index (χ0) is 14.8. The molecule has 0 fully saturated rings. The summed E-state index contributed by atoms with van der Waals surface area (Å²) in [6.45, 7) is 0.761. The first-order valence-corrected chi connectivity index (χ1v) is 8.96. The molecule has 108 valence electrons. The monoisotopic (exact) mass is 455 g/mol. The van der Waals surface area contributed by atoms with Crippen LogP contribution in [-0.2, 0) is 6.42 Å². The number of rotatable bonds is 2. The molecule has 0 aromatic heterocycles. The lowest BCUT2D eigenvalue weighted by Gasteiger charge is -2.15. The maximum atomic E-state index is 12.2. The Kier molecular flexibility index (Phi) is 4.64. The second-order valence-electron chi connectivity index (χ2n) is 5.16. The van der Waals surface area contributed by atoms with Gasteiger partial charge in [0.1, 0.15) is 0 Å². The minimum Gasteiger partial charge on any atom is -0.352 e. The smallest absolute Gasteiger partial charge is 0.251 e. The third-order valence-electron chi connectivity index (χ3n) is 3.76. The van der Waals surface area contributed by atoms with Crippen molar-refractivity contribution in [2.24, 2.45) is 0 Å². The summed E-state index contributed by atoms with van der Waals surface area (Å²) in [6, 6.07) is 14.5. The van der Waals surface area contributed by atoms with Gasteiger partial charge in [-0.15, -0.1) is 0 Å². The summed E-state index contributed by atoms with van der Waals surface area (Å²) in [5.74, 6) is 0.0480. The highest BCUT2D eigenvalue weighted by atomic mass is 127. The molecular formula is C17H15BrINO. The van der Waals surface area contributed by atoms with E-state index in [9.17, 15) is 4.79 Å². The van der Waals surface area contributed by atoms with E-state index in [0.717, 1.165) is 36.1 Å². The number of amides is 1. The Morgan fingerprint density at radius 1 is 1.19 bits per heavy atom. The van der Waals surface area contributed by atoms with Crippen LogP contribution >= 0.6 is 38.5 Å². The molecule has 0 spiro atoms. The van der Waals surface area contributed by atoms with E-state index >= 15 is 0 Å². The van der Waals surface area contributed by atoms with Crippen LogP contribution in [0.4, 0.5) is 0 Å². The van der Waals surface area contributed by atoms with Crippen LogP contribution in [0.25, 0.3) is 0 Å². The molecule has 1 unspecified atom stereocenters. The van der Waals surface area contributed by atoms with E-state index in [4.69, 9.17) is 0 Å². The van der Waals surface area contributed by atoms with E-state index in [2.05, 4.69) is 68.1 Å². The van der Waals surface area contributed by atoms with Gasteiger partial charge >= 0.3 is 0 Å². The Labute approximate surface area is 146 Å². The number of alkyl halides is 1. The molecule has 0 bridgehead atoms. The molecule has 2 nitrogen and oxygen atoms in total. The van der Waals surface area contributed by atoms with Gasteiger partial charge in [-0.25, -0.2) is 0 Å². The van der Waals surface area contributed by atoms with Crippen molar-refractivity contribution in [2.75, 3.05) is 6.54 Å². The van der Waals surface area contributed by atoms with Crippen molar-refractivity contribution in [3.63, 3.8) is 0 Å². The molecule has 0 radical (unpaired) electrons.